The first kappa shape index (κ1) is 12.6. The van der Waals surface area contributed by atoms with Gasteiger partial charge in [0.15, 0.2) is 0 Å². The number of nitriles is 1. The van der Waals surface area contributed by atoms with E-state index in [2.05, 4.69) is 34.9 Å². The normalized spacial score (nSPS) is 16.3. The lowest BCUT2D eigenvalue weighted by atomic mass is 9.78. The lowest BCUT2D eigenvalue weighted by Gasteiger charge is -2.30. The Morgan fingerprint density at radius 1 is 1.44 bits per heavy atom. The molecule has 1 aliphatic rings. The van der Waals surface area contributed by atoms with Gasteiger partial charge in [-0.3, -0.25) is 4.79 Å². The van der Waals surface area contributed by atoms with Gasteiger partial charge in [0.05, 0.1) is 19.0 Å². The minimum atomic E-state index is -0.0436. The molecule has 0 aliphatic heterocycles. The van der Waals surface area contributed by atoms with E-state index in [-0.39, 0.29) is 5.91 Å². The molecular weight excluding hydrogens is 226 g/mol. The fourth-order valence-electron chi connectivity index (χ4n) is 2.23. The van der Waals surface area contributed by atoms with Crippen LogP contribution >= 0.6 is 0 Å². The molecule has 0 saturated carbocycles. The Labute approximate surface area is 107 Å². The molecule has 1 aromatic rings. The Morgan fingerprint density at radius 2 is 2.28 bits per heavy atom. The molecule has 0 heterocycles. The van der Waals surface area contributed by atoms with Crippen molar-refractivity contribution in [2.24, 2.45) is 0 Å². The number of nitrogens with one attached hydrogen (secondary N) is 2. The van der Waals surface area contributed by atoms with Crippen LogP contribution in [0, 0.1) is 11.3 Å². The molecule has 0 aromatic heterocycles. The standard InChI is InChI=1S/C14H17N3O/c15-6-3-7-17-14(18)10-16-9-12-8-11-4-1-2-5-13(11)12/h1-2,4-5,12,16H,3,7-10H2,(H,17,18). The Balaban J connectivity index is 1.63. The van der Waals surface area contributed by atoms with Crippen LogP contribution in [0.5, 0.6) is 0 Å². The van der Waals surface area contributed by atoms with Gasteiger partial charge in [0.1, 0.15) is 0 Å². The number of hydrogen-bond acceptors (Lipinski definition) is 3. The Kier molecular flexibility index (Phi) is 4.32. The summed E-state index contributed by atoms with van der Waals surface area (Å²) in [6.45, 7) is 1.59. The average molecular weight is 243 g/mol. The number of benzene rings is 1. The molecule has 0 bridgehead atoms. The molecule has 1 aliphatic carbocycles. The highest BCUT2D eigenvalue weighted by molar-refractivity contribution is 5.77. The molecule has 2 rings (SSSR count). The molecule has 2 N–H and O–H groups in total. The first-order valence-electron chi connectivity index (χ1n) is 6.23. The van der Waals surface area contributed by atoms with Gasteiger partial charge < -0.3 is 10.6 Å². The van der Waals surface area contributed by atoms with Gasteiger partial charge in [-0.2, -0.15) is 5.26 Å². The summed E-state index contributed by atoms with van der Waals surface area (Å²) in [5.41, 5.74) is 2.82. The molecule has 1 amide bonds. The fraction of sp³-hybridized carbons (Fsp3) is 0.429. The highest BCUT2D eigenvalue weighted by Crippen LogP contribution is 2.33. The van der Waals surface area contributed by atoms with Crippen molar-refractivity contribution in [2.45, 2.75) is 18.8 Å². The maximum atomic E-state index is 11.4. The van der Waals surface area contributed by atoms with Crippen LogP contribution in [0.3, 0.4) is 0 Å². The van der Waals surface area contributed by atoms with Gasteiger partial charge >= 0.3 is 0 Å². The van der Waals surface area contributed by atoms with Crippen LogP contribution in [-0.4, -0.2) is 25.5 Å². The third-order valence-corrected chi connectivity index (χ3v) is 3.20. The van der Waals surface area contributed by atoms with Crippen LogP contribution in [0.15, 0.2) is 24.3 Å². The van der Waals surface area contributed by atoms with Crippen molar-refractivity contribution in [3.05, 3.63) is 35.4 Å². The van der Waals surface area contributed by atoms with Crippen molar-refractivity contribution in [3.63, 3.8) is 0 Å². The van der Waals surface area contributed by atoms with E-state index in [1.165, 1.54) is 11.1 Å². The number of amides is 1. The first-order valence-corrected chi connectivity index (χ1v) is 6.23. The zero-order valence-corrected chi connectivity index (χ0v) is 10.3. The molecule has 0 fully saturated rings. The minimum Gasteiger partial charge on any atom is -0.354 e. The fourth-order valence-corrected chi connectivity index (χ4v) is 2.23. The second kappa shape index (κ2) is 6.18. The summed E-state index contributed by atoms with van der Waals surface area (Å²) >= 11 is 0. The molecule has 18 heavy (non-hydrogen) atoms. The van der Waals surface area contributed by atoms with Crippen molar-refractivity contribution in [1.82, 2.24) is 10.6 Å². The molecule has 4 nitrogen and oxygen atoms in total. The van der Waals surface area contributed by atoms with Gasteiger partial charge in [-0.05, 0) is 17.5 Å². The van der Waals surface area contributed by atoms with E-state index >= 15 is 0 Å². The van der Waals surface area contributed by atoms with Crippen molar-refractivity contribution < 1.29 is 4.79 Å². The Bertz CT molecular complexity index is 464. The third kappa shape index (κ3) is 3.08. The number of nitrogens with zero attached hydrogens (tertiary/aromatic N) is 1. The number of rotatable bonds is 6. The van der Waals surface area contributed by atoms with Crippen molar-refractivity contribution in [2.75, 3.05) is 19.6 Å². The van der Waals surface area contributed by atoms with E-state index in [0.717, 1.165) is 13.0 Å². The average Bonchev–Trinajstić information content (AvgIpc) is 2.35. The summed E-state index contributed by atoms with van der Waals surface area (Å²) in [4.78, 5) is 11.4. The molecule has 1 aromatic carbocycles. The summed E-state index contributed by atoms with van der Waals surface area (Å²) in [6.07, 6.45) is 1.46. The predicted octanol–water partition coefficient (Wildman–Crippen LogP) is 0.946. The van der Waals surface area contributed by atoms with E-state index in [9.17, 15) is 4.79 Å². The second-order valence-corrected chi connectivity index (χ2v) is 4.49. The molecule has 4 heteroatoms. The van der Waals surface area contributed by atoms with Gasteiger partial charge in [-0.1, -0.05) is 24.3 Å². The molecule has 94 valence electrons. The molecule has 0 radical (unpaired) electrons. The Hall–Kier alpha value is -1.86. The van der Waals surface area contributed by atoms with Gasteiger partial charge in [-0.25, -0.2) is 0 Å². The monoisotopic (exact) mass is 243 g/mol. The zero-order chi connectivity index (χ0) is 12.8. The number of fused-ring (bicyclic) bond motifs is 1. The zero-order valence-electron chi connectivity index (χ0n) is 10.3. The predicted molar refractivity (Wildman–Crippen MR) is 69.0 cm³/mol. The van der Waals surface area contributed by atoms with E-state index in [4.69, 9.17) is 5.26 Å². The molecule has 1 atom stereocenters. The van der Waals surface area contributed by atoms with Crippen LogP contribution in [0.1, 0.15) is 23.5 Å². The largest absolute Gasteiger partial charge is 0.354 e. The SMILES string of the molecule is N#CCCNC(=O)CNCC1Cc2ccccc21. The smallest absolute Gasteiger partial charge is 0.233 e. The van der Waals surface area contributed by atoms with Crippen LogP contribution in [0.2, 0.25) is 0 Å². The quantitative estimate of drug-likeness (QED) is 0.731. The molecule has 1 unspecified atom stereocenters. The third-order valence-electron chi connectivity index (χ3n) is 3.20. The summed E-state index contributed by atoms with van der Waals surface area (Å²) < 4.78 is 0. The van der Waals surface area contributed by atoms with Crippen LogP contribution in [-0.2, 0) is 11.2 Å². The van der Waals surface area contributed by atoms with Crippen LogP contribution in [0.4, 0.5) is 0 Å². The van der Waals surface area contributed by atoms with Crippen molar-refractivity contribution in [3.8, 4) is 6.07 Å². The highest BCUT2D eigenvalue weighted by atomic mass is 16.1. The van der Waals surface area contributed by atoms with Crippen LogP contribution < -0.4 is 10.6 Å². The maximum Gasteiger partial charge on any atom is 0.233 e. The lowest BCUT2D eigenvalue weighted by Crippen LogP contribution is -2.37. The van der Waals surface area contributed by atoms with Gasteiger partial charge in [0.25, 0.3) is 0 Å². The van der Waals surface area contributed by atoms with Gasteiger partial charge in [0, 0.05) is 19.0 Å². The number of carbonyl (C=O) groups excluding carboxylic acids is 1. The van der Waals surface area contributed by atoms with E-state index in [1.807, 2.05) is 6.07 Å². The number of hydrogen-bond donors (Lipinski definition) is 2. The first-order chi connectivity index (χ1) is 8.81. The topological polar surface area (TPSA) is 64.9 Å². The summed E-state index contributed by atoms with van der Waals surface area (Å²) in [7, 11) is 0. The molecule has 0 spiro atoms. The molecular formula is C14H17N3O. The highest BCUT2D eigenvalue weighted by Gasteiger charge is 2.24. The second-order valence-electron chi connectivity index (χ2n) is 4.49. The van der Waals surface area contributed by atoms with Crippen molar-refractivity contribution >= 4 is 5.91 Å². The van der Waals surface area contributed by atoms with E-state index in [0.29, 0.717) is 25.4 Å². The van der Waals surface area contributed by atoms with Crippen LogP contribution in [0.25, 0.3) is 0 Å². The Morgan fingerprint density at radius 3 is 3.06 bits per heavy atom. The van der Waals surface area contributed by atoms with Gasteiger partial charge in [0.2, 0.25) is 5.91 Å². The van der Waals surface area contributed by atoms with Crippen molar-refractivity contribution in [1.29, 1.82) is 5.26 Å². The summed E-state index contributed by atoms with van der Waals surface area (Å²) in [6, 6.07) is 10.4. The van der Waals surface area contributed by atoms with E-state index < -0.39 is 0 Å². The lowest BCUT2D eigenvalue weighted by molar-refractivity contribution is -0.120. The number of carbonyl (C=O) groups is 1. The molecule has 0 saturated heterocycles. The summed E-state index contributed by atoms with van der Waals surface area (Å²) in [5, 5.41) is 14.2. The minimum absolute atomic E-state index is 0.0436. The maximum absolute atomic E-state index is 11.4. The van der Waals surface area contributed by atoms with E-state index in [1.54, 1.807) is 0 Å². The van der Waals surface area contributed by atoms with Gasteiger partial charge in [-0.15, -0.1) is 0 Å². The summed E-state index contributed by atoms with van der Waals surface area (Å²) in [5.74, 6) is 0.492.